The van der Waals surface area contributed by atoms with Crippen LogP contribution < -0.4 is 0 Å². The van der Waals surface area contributed by atoms with E-state index in [2.05, 4.69) is 167 Å². The standard InChI is InChI=1S/C77H126O6/c1-4-7-10-13-16-19-22-25-28-30-31-32-33-34-35-36-37-38-39-40-41-42-43-44-45-47-49-52-55-58-61-64-67-70-76(79)82-73-74(72-81-75(78)69-66-63-60-57-54-51-48-27-24-21-18-15-12-9-6-3)83-77(80)71-68-65-62-59-56-53-50-46-29-26-23-20-17-14-11-8-5-2/h7,9-10,12,16,18-19,21,25-29,31-32,34-35,37-38,40-41,43-44,48,74H,4-6,8,11,13-15,17,20,22-24,30,33,36,39,42,45-47,49-73H2,1-3H3/b10-7-,12-9-,19-16-,21-18-,28-25-,29-26-,32-31-,35-34-,38-37-,41-40-,44-43-,48-27-. The predicted octanol–water partition coefficient (Wildman–Crippen LogP) is 23.9. The Kier molecular flexibility index (Phi) is 65.8. The van der Waals surface area contributed by atoms with Crippen molar-refractivity contribution >= 4 is 17.9 Å². The van der Waals surface area contributed by atoms with Crippen LogP contribution in [0.25, 0.3) is 0 Å². The maximum atomic E-state index is 12.9. The third-order valence-corrected chi connectivity index (χ3v) is 14.3. The van der Waals surface area contributed by atoms with Gasteiger partial charge in [-0.15, -0.1) is 0 Å². The molecular formula is C77H126O6. The van der Waals surface area contributed by atoms with Crippen LogP contribution in [0.4, 0.5) is 0 Å². The van der Waals surface area contributed by atoms with Gasteiger partial charge in [0.25, 0.3) is 0 Å². The zero-order valence-corrected chi connectivity index (χ0v) is 53.9. The van der Waals surface area contributed by atoms with Gasteiger partial charge in [-0.1, -0.05) is 289 Å². The Morgan fingerprint density at radius 1 is 0.253 bits per heavy atom. The van der Waals surface area contributed by atoms with Crippen molar-refractivity contribution < 1.29 is 28.6 Å². The van der Waals surface area contributed by atoms with Gasteiger partial charge in [0.1, 0.15) is 13.2 Å². The van der Waals surface area contributed by atoms with Gasteiger partial charge in [0, 0.05) is 19.3 Å². The Hall–Kier alpha value is -4.71. The van der Waals surface area contributed by atoms with E-state index in [4.69, 9.17) is 14.2 Å². The van der Waals surface area contributed by atoms with Gasteiger partial charge in [-0.05, 0) is 141 Å². The van der Waals surface area contributed by atoms with E-state index in [0.717, 1.165) is 154 Å². The number of esters is 3. The van der Waals surface area contributed by atoms with E-state index in [0.29, 0.717) is 19.3 Å². The van der Waals surface area contributed by atoms with Gasteiger partial charge in [-0.25, -0.2) is 0 Å². The Labute approximate surface area is 512 Å². The third kappa shape index (κ3) is 68.0. The summed E-state index contributed by atoms with van der Waals surface area (Å²) in [6.07, 6.45) is 100. The van der Waals surface area contributed by atoms with Crippen LogP contribution in [0.1, 0.15) is 303 Å². The first-order chi connectivity index (χ1) is 41.0. The SMILES string of the molecule is CC/C=C\C/C=C\C/C=C\C/C=C\C/C=C\C/C=C\C/C=C\C/C=C\CCCCCCCCCCC(=O)OCC(COC(=O)CCCCCCC/C=C\C/C=C\C/C=C\CC)OC(=O)CCCCCCCCC/C=C\CCCCCCCC. The number of carbonyl (C=O) groups is 3. The normalized spacial score (nSPS) is 13.0. The van der Waals surface area contributed by atoms with Crippen molar-refractivity contribution in [1.82, 2.24) is 0 Å². The average molecular weight is 1150 g/mol. The number of hydrogen-bond acceptors (Lipinski definition) is 6. The summed E-state index contributed by atoms with van der Waals surface area (Å²) < 4.78 is 16.9. The molecule has 0 saturated carbocycles. The molecule has 470 valence electrons. The number of allylic oxidation sites excluding steroid dienone is 24. The first-order valence-corrected chi connectivity index (χ1v) is 34.3. The molecule has 0 radical (unpaired) electrons. The van der Waals surface area contributed by atoms with Crippen molar-refractivity contribution in [1.29, 1.82) is 0 Å². The van der Waals surface area contributed by atoms with E-state index in [9.17, 15) is 14.4 Å². The van der Waals surface area contributed by atoms with Crippen molar-refractivity contribution in [3.05, 3.63) is 146 Å². The molecule has 6 heteroatoms. The number of ether oxygens (including phenoxy) is 3. The third-order valence-electron chi connectivity index (χ3n) is 14.3. The smallest absolute Gasteiger partial charge is 0.306 e. The van der Waals surface area contributed by atoms with Crippen LogP contribution in [0, 0.1) is 0 Å². The minimum Gasteiger partial charge on any atom is -0.462 e. The lowest BCUT2D eigenvalue weighted by molar-refractivity contribution is -0.167. The summed E-state index contributed by atoms with van der Waals surface area (Å²) in [5.41, 5.74) is 0. The number of hydrogen-bond donors (Lipinski definition) is 0. The summed E-state index contributed by atoms with van der Waals surface area (Å²) in [6.45, 7) is 6.40. The second-order valence-electron chi connectivity index (χ2n) is 22.3. The summed E-state index contributed by atoms with van der Waals surface area (Å²) >= 11 is 0. The van der Waals surface area contributed by atoms with Crippen LogP contribution in [0.15, 0.2) is 146 Å². The van der Waals surface area contributed by atoms with Crippen molar-refractivity contribution in [2.75, 3.05) is 13.2 Å². The summed E-state index contributed by atoms with van der Waals surface area (Å²) in [5, 5.41) is 0. The molecule has 0 aliphatic heterocycles. The highest BCUT2D eigenvalue weighted by atomic mass is 16.6. The van der Waals surface area contributed by atoms with Crippen molar-refractivity contribution in [2.45, 2.75) is 309 Å². The van der Waals surface area contributed by atoms with Crippen molar-refractivity contribution in [3.8, 4) is 0 Å². The molecule has 0 spiro atoms. The number of rotatable bonds is 61. The molecular weight excluding hydrogens is 1020 g/mol. The van der Waals surface area contributed by atoms with E-state index < -0.39 is 6.10 Å². The first-order valence-electron chi connectivity index (χ1n) is 34.3. The van der Waals surface area contributed by atoms with Gasteiger partial charge in [0.05, 0.1) is 0 Å². The first kappa shape index (κ1) is 78.3. The summed E-state index contributed by atoms with van der Waals surface area (Å²) in [7, 11) is 0. The zero-order valence-electron chi connectivity index (χ0n) is 53.9. The van der Waals surface area contributed by atoms with E-state index in [1.54, 1.807) is 0 Å². The quantitative estimate of drug-likeness (QED) is 0.0261. The average Bonchev–Trinajstić information content (AvgIpc) is 3.49. The minimum atomic E-state index is -0.798. The maximum absolute atomic E-state index is 12.9. The van der Waals surface area contributed by atoms with Crippen LogP contribution in [0.3, 0.4) is 0 Å². The summed E-state index contributed by atoms with van der Waals surface area (Å²) in [5.74, 6) is -0.918. The highest BCUT2D eigenvalue weighted by Crippen LogP contribution is 2.15. The van der Waals surface area contributed by atoms with Crippen LogP contribution in [0.5, 0.6) is 0 Å². The largest absolute Gasteiger partial charge is 0.462 e. The lowest BCUT2D eigenvalue weighted by Gasteiger charge is -2.18. The van der Waals surface area contributed by atoms with Crippen LogP contribution >= 0.6 is 0 Å². The Morgan fingerprint density at radius 2 is 0.470 bits per heavy atom. The molecule has 0 aromatic carbocycles. The number of unbranched alkanes of at least 4 members (excludes halogenated alkanes) is 26. The molecule has 6 nitrogen and oxygen atoms in total. The number of carbonyl (C=O) groups excluding carboxylic acids is 3. The van der Waals surface area contributed by atoms with Crippen LogP contribution in [0.2, 0.25) is 0 Å². The molecule has 1 atom stereocenters. The van der Waals surface area contributed by atoms with Gasteiger partial charge in [-0.3, -0.25) is 14.4 Å². The molecule has 0 heterocycles. The zero-order chi connectivity index (χ0) is 59.9. The molecule has 0 N–H and O–H groups in total. The minimum absolute atomic E-state index is 0.0932. The Balaban J connectivity index is 4.33. The fourth-order valence-corrected chi connectivity index (χ4v) is 9.23. The topological polar surface area (TPSA) is 78.9 Å². The molecule has 1 unspecified atom stereocenters. The van der Waals surface area contributed by atoms with E-state index in [-0.39, 0.29) is 31.1 Å². The molecule has 0 fully saturated rings. The van der Waals surface area contributed by atoms with Gasteiger partial charge in [-0.2, -0.15) is 0 Å². The van der Waals surface area contributed by atoms with Gasteiger partial charge in [0.15, 0.2) is 6.10 Å². The van der Waals surface area contributed by atoms with Gasteiger partial charge < -0.3 is 14.2 Å². The molecule has 0 aromatic heterocycles. The van der Waals surface area contributed by atoms with Crippen LogP contribution in [-0.2, 0) is 28.6 Å². The highest BCUT2D eigenvalue weighted by Gasteiger charge is 2.19. The van der Waals surface area contributed by atoms with E-state index in [1.807, 2.05) is 0 Å². The maximum Gasteiger partial charge on any atom is 0.306 e. The molecule has 0 aliphatic carbocycles. The van der Waals surface area contributed by atoms with Crippen molar-refractivity contribution in [3.63, 3.8) is 0 Å². The second-order valence-corrected chi connectivity index (χ2v) is 22.3. The molecule has 0 saturated heterocycles. The van der Waals surface area contributed by atoms with E-state index >= 15 is 0 Å². The fraction of sp³-hybridized carbons (Fsp3) is 0.649. The second kappa shape index (κ2) is 69.8. The molecule has 0 amide bonds. The van der Waals surface area contributed by atoms with Gasteiger partial charge in [0.2, 0.25) is 0 Å². The molecule has 0 rings (SSSR count). The summed E-state index contributed by atoms with van der Waals surface area (Å²) in [4.78, 5) is 38.4. The molecule has 0 aliphatic rings. The monoisotopic (exact) mass is 1150 g/mol. The van der Waals surface area contributed by atoms with E-state index in [1.165, 1.54) is 109 Å². The summed E-state index contributed by atoms with van der Waals surface area (Å²) in [6, 6.07) is 0. The Bertz CT molecular complexity index is 1800. The lowest BCUT2D eigenvalue weighted by atomic mass is 10.1. The van der Waals surface area contributed by atoms with Crippen molar-refractivity contribution in [2.24, 2.45) is 0 Å². The van der Waals surface area contributed by atoms with Gasteiger partial charge >= 0.3 is 17.9 Å². The highest BCUT2D eigenvalue weighted by molar-refractivity contribution is 5.71. The molecule has 0 aromatic rings. The molecule has 83 heavy (non-hydrogen) atoms. The molecule has 0 bridgehead atoms. The van der Waals surface area contributed by atoms with Crippen LogP contribution in [-0.4, -0.2) is 37.2 Å². The fourth-order valence-electron chi connectivity index (χ4n) is 9.23. The predicted molar refractivity (Wildman–Crippen MR) is 362 cm³/mol. The Morgan fingerprint density at radius 3 is 0.747 bits per heavy atom. The lowest BCUT2D eigenvalue weighted by Crippen LogP contribution is -2.30.